The highest BCUT2D eigenvalue weighted by Crippen LogP contribution is 2.40. The number of halogens is 1. The molecule has 0 bridgehead atoms. The van der Waals surface area contributed by atoms with Crippen molar-refractivity contribution in [3.8, 4) is 0 Å². The zero-order chi connectivity index (χ0) is 7.84. The number of hydrogen-bond acceptors (Lipinski definition) is 2. The van der Waals surface area contributed by atoms with Gasteiger partial charge in [-0.25, -0.2) is 0 Å². The molecule has 0 fully saturated rings. The van der Waals surface area contributed by atoms with Crippen LogP contribution >= 0.6 is 23.4 Å². The summed E-state index contributed by atoms with van der Waals surface area (Å²) in [6.07, 6.45) is 0. The van der Waals surface area contributed by atoms with E-state index < -0.39 is 0 Å². The van der Waals surface area contributed by atoms with Crippen LogP contribution in [0.3, 0.4) is 0 Å². The minimum atomic E-state index is 0.175. The SMILES string of the molecule is NC1CSc2c(Cl)cccc21. The number of rotatable bonds is 0. The molecule has 0 radical (unpaired) electrons. The Hall–Kier alpha value is -0.180. The summed E-state index contributed by atoms with van der Waals surface area (Å²) in [6, 6.07) is 6.08. The van der Waals surface area contributed by atoms with Gasteiger partial charge in [-0.05, 0) is 11.6 Å². The molecule has 2 N–H and O–H groups in total. The van der Waals surface area contributed by atoms with Crippen molar-refractivity contribution in [2.24, 2.45) is 5.73 Å². The molecule has 2 rings (SSSR count). The first-order valence-corrected chi connectivity index (χ1v) is 4.82. The third kappa shape index (κ3) is 1.15. The molecule has 11 heavy (non-hydrogen) atoms. The van der Waals surface area contributed by atoms with Gasteiger partial charge >= 0.3 is 0 Å². The molecule has 0 aliphatic carbocycles. The average Bonchev–Trinajstić information content (AvgIpc) is 2.35. The van der Waals surface area contributed by atoms with Gasteiger partial charge in [0.25, 0.3) is 0 Å². The second kappa shape index (κ2) is 2.70. The van der Waals surface area contributed by atoms with Crippen LogP contribution in [0.5, 0.6) is 0 Å². The fourth-order valence-corrected chi connectivity index (χ4v) is 2.70. The quantitative estimate of drug-likeness (QED) is 0.672. The topological polar surface area (TPSA) is 26.0 Å². The summed E-state index contributed by atoms with van der Waals surface area (Å²) in [5, 5.41) is 0.834. The van der Waals surface area contributed by atoms with Gasteiger partial charge in [0.15, 0.2) is 0 Å². The maximum atomic E-state index is 5.96. The van der Waals surface area contributed by atoms with E-state index in [0.717, 1.165) is 10.8 Å². The van der Waals surface area contributed by atoms with Crippen molar-refractivity contribution in [2.75, 3.05) is 5.75 Å². The molecule has 0 amide bonds. The van der Waals surface area contributed by atoms with Crippen molar-refractivity contribution < 1.29 is 0 Å². The Morgan fingerprint density at radius 2 is 2.36 bits per heavy atom. The lowest BCUT2D eigenvalue weighted by molar-refractivity contribution is 0.834. The maximum Gasteiger partial charge on any atom is 0.0545 e. The van der Waals surface area contributed by atoms with Crippen LogP contribution in [0.4, 0.5) is 0 Å². The van der Waals surface area contributed by atoms with Crippen molar-refractivity contribution in [3.63, 3.8) is 0 Å². The lowest BCUT2D eigenvalue weighted by Crippen LogP contribution is -2.07. The predicted molar refractivity (Wildman–Crippen MR) is 49.1 cm³/mol. The second-order valence-corrected chi connectivity index (χ2v) is 4.01. The molecule has 1 aliphatic heterocycles. The van der Waals surface area contributed by atoms with E-state index in [9.17, 15) is 0 Å². The van der Waals surface area contributed by atoms with Gasteiger partial charge in [-0.3, -0.25) is 0 Å². The van der Waals surface area contributed by atoms with Crippen LogP contribution < -0.4 is 5.73 Å². The van der Waals surface area contributed by atoms with E-state index in [0.29, 0.717) is 0 Å². The van der Waals surface area contributed by atoms with Gasteiger partial charge in [0.05, 0.1) is 5.02 Å². The lowest BCUT2D eigenvalue weighted by atomic mass is 10.1. The molecular formula is C8H8ClNS. The lowest BCUT2D eigenvalue weighted by Gasteiger charge is -2.02. The molecule has 1 unspecified atom stereocenters. The number of nitrogens with two attached hydrogens (primary N) is 1. The van der Waals surface area contributed by atoms with Gasteiger partial charge in [-0.15, -0.1) is 11.8 Å². The molecule has 0 saturated heterocycles. The Balaban J connectivity index is 2.57. The average molecular weight is 186 g/mol. The van der Waals surface area contributed by atoms with Gasteiger partial charge in [-0.1, -0.05) is 23.7 Å². The third-order valence-corrected chi connectivity index (χ3v) is 3.50. The van der Waals surface area contributed by atoms with E-state index in [4.69, 9.17) is 17.3 Å². The van der Waals surface area contributed by atoms with Crippen LogP contribution in [-0.2, 0) is 0 Å². The van der Waals surface area contributed by atoms with Gasteiger partial charge in [0.1, 0.15) is 0 Å². The predicted octanol–water partition coefficient (Wildman–Crippen LogP) is 2.45. The van der Waals surface area contributed by atoms with Crippen molar-refractivity contribution in [2.45, 2.75) is 10.9 Å². The maximum absolute atomic E-state index is 5.96. The molecule has 58 valence electrons. The van der Waals surface area contributed by atoms with Gasteiger partial charge in [-0.2, -0.15) is 0 Å². The Morgan fingerprint density at radius 1 is 1.55 bits per heavy atom. The van der Waals surface area contributed by atoms with E-state index in [1.807, 2.05) is 18.2 Å². The normalized spacial score (nSPS) is 21.8. The first kappa shape index (κ1) is 7.47. The van der Waals surface area contributed by atoms with E-state index in [2.05, 4.69) is 0 Å². The summed E-state index contributed by atoms with van der Waals surface area (Å²) in [5.74, 6) is 0.957. The van der Waals surface area contributed by atoms with Crippen LogP contribution in [0.15, 0.2) is 23.1 Å². The van der Waals surface area contributed by atoms with Gasteiger partial charge in [0.2, 0.25) is 0 Å². The van der Waals surface area contributed by atoms with Crippen molar-refractivity contribution >= 4 is 23.4 Å². The minimum absolute atomic E-state index is 0.175. The Morgan fingerprint density at radius 3 is 3.09 bits per heavy atom. The largest absolute Gasteiger partial charge is 0.323 e. The molecule has 1 nitrogen and oxygen atoms in total. The molecule has 1 heterocycles. The van der Waals surface area contributed by atoms with Crippen LogP contribution in [0.2, 0.25) is 5.02 Å². The van der Waals surface area contributed by atoms with Crippen LogP contribution in [0.25, 0.3) is 0 Å². The van der Waals surface area contributed by atoms with E-state index >= 15 is 0 Å². The fraction of sp³-hybridized carbons (Fsp3) is 0.250. The summed E-state index contributed by atoms with van der Waals surface area (Å²) in [6.45, 7) is 0. The first-order chi connectivity index (χ1) is 5.29. The summed E-state index contributed by atoms with van der Waals surface area (Å²) in [5.41, 5.74) is 7.03. The summed E-state index contributed by atoms with van der Waals surface area (Å²) < 4.78 is 0. The number of hydrogen-bond donors (Lipinski definition) is 1. The minimum Gasteiger partial charge on any atom is -0.323 e. The smallest absolute Gasteiger partial charge is 0.0545 e. The Kier molecular flexibility index (Phi) is 1.83. The fourth-order valence-electron chi connectivity index (χ4n) is 1.23. The van der Waals surface area contributed by atoms with Crippen molar-refractivity contribution in [1.29, 1.82) is 0 Å². The Bertz CT molecular complexity index is 287. The van der Waals surface area contributed by atoms with E-state index in [-0.39, 0.29) is 6.04 Å². The first-order valence-electron chi connectivity index (χ1n) is 3.46. The molecular weight excluding hydrogens is 178 g/mol. The summed E-state index contributed by atoms with van der Waals surface area (Å²) in [7, 11) is 0. The van der Waals surface area contributed by atoms with Gasteiger partial charge in [0, 0.05) is 16.7 Å². The number of benzene rings is 1. The van der Waals surface area contributed by atoms with Gasteiger partial charge < -0.3 is 5.73 Å². The molecule has 1 aromatic rings. The molecule has 0 aromatic heterocycles. The highest BCUT2D eigenvalue weighted by atomic mass is 35.5. The molecule has 0 saturated carbocycles. The standard InChI is InChI=1S/C8H8ClNS/c9-6-3-1-2-5-7(10)4-11-8(5)6/h1-3,7H,4,10H2. The van der Waals surface area contributed by atoms with E-state index in [1.54, 1.807) is 11.8 Å². The highest BCUT2D eigenvalue weighted by Gasteiger charge is 2.20. The molecule has 1 aromatic carbocycles. The molecule has 1 aliphatic rings. The number of fused-ring (bicyclic) bond motifs is 1. The van der Waals surface area contributed by atoms with Crippen LogP contribution in [0.1, 0.15) is 11.6 Å². The van der Waals surface area contributed by atoms with Crippen LogP contribution in [-0.4, -0.2) is 5.75 Å². The molecule has 1 atom stereocenters. The summed E-state index contributed by atoms with van der Waals surface area (Å²) >= 11 is 7.70. The molecule has 3 heteroatoms. The van der Waals surface area contributed by atoms with Crippen LogP contribution in [0, 0.1) is 0 Å². The zero-order valence-corrected chi connectivity index (χ0v) is 7.45. The molecule has 0 spiro atoms. The van der Waals surface area contributed by atoms with E-state index in [1.165, 1.54) is 10.5 Å². The second-order valence-electron chi connectivity index (χ2n) is 2.58. The monoisotopic (exact) mass is 185 g/mol. The van der Waals surface area contributed by atoms with Crippen molar-refractivity contribution in [1.82, 2.24) is 0 Å². The van der Waals surface area contributed by atoms with Crippen molar-refractivity contribution in [3.05, 3.63) is 28.8 Å². The number of thioether (sulfide) groups is 1. The third-order valence-electron chi connectivity index (χ3n) is 1.80. The highest BCUT2D eigenvalue weighted by molar-refractivity contribution is 7.99. The Labute approximate surface area is 74.9 Å². The zero-order valence-electron chi connectivity index (χ0n) is 5.88. The summed E-state index contributed by atoms with van der Waals surface area (Å²) in [4.78, 5) is 1.17.